The Labute approximate surface area is 140 Å². The summed E-state index contributed by atoms with van der Waals surface area (Å²) in [7, 11) is 0. The molecule has 1 amide bonds. The van der Waals surface area contributed by atoms with Gasteiger partial charge in [0, 0.05) is 43.2 Å². The minimum atomic E-state index is -0.701. The molecule has 6 heteroatoms. The van der Waals surface area contributed by atoms with Gasteiger partial charge in [-0.2, -0.15) is 0 Å². The molecule has 1 aliphatic carbocycles. The van der Waals surface area contributed by atoms with E-state index in [0.717, 1.165) is 38.2 Å². The van der Waals surface area contributed by atoms with Gasteiger partial charge in [0.1, 0.15) is 11.6 Å². The summed E-state index contributed by atoms with van der Waals surface area (Å²) < 4.78 is 27.5. The van der Waals surface area contributed by atoms with Crippen molar-refractivity contribution >= 4 is 5.91 Å². The van der Waals surface area contributed by atoms with Crippen molar-refractivity contribution in [2.24, 2.45) is 0 Å². The molecular formula is C18H24F2N2O2. The average Bonchev–Trinajstić information content (AvgIpc) is 3.16. The summed E-state index contributed by atoms with van der Waals surface area (Å²) in [4.78, 5) is 13.3. The summed E-state index contributed by atoms with van der Waals surface area (Å²) in [5.74, 6) is -1.06. The van der Waals surface area contributed by atoms with Crippen LogP contribution in [0.15, 0.2) is 18.2 Å². The zero-order valence-corrected chi connectivity index (χ0v) is 13.7. The third kappa shape index (κ3) is 3.59. The number of hydrogen-bond donors (Lipinski definition) is 2. The zero-order chi connectivity index (χ0) is 17.2. The van der Waals surface area contributed by atoms with Gasteiger partial charge in [0.2, 0.25) is 5.91 Å². The number of β-amino-alcohol motifs (C(OH)–C–C–N with tert-alkyl or cyclic N) is 1. The highest BCUT2D eigenvalue weighted by atomic mass is 19.1. The van der Waals surface area contributed by atoms with Crippen molar-refractivity contribution in [2.75, 3.05) is 19.6 Å². The van der Waals surface area contributed by atoms with Crippen molar-refractivity contribution in [1.82, 2.24) is 10.2 Å². The Morgan fingerprint density at radius 2 is 2.00 bits per heavy atom. The number of rotatable bonds is 6. The van der Waals surface area contributed by atoms with Crippen molar-refractivity contribution in [3.63, 3.8) is 0 Å². The highest BCUT2D eigenvalue weighted by Gasteiger charge is 2.38. The van der Waals surface area contributed by atoms with E-state index in [1.54, 1.807) is 4.90 Å². The molecule has 1 unspecified atom stereocenters. The molecule has 1 aromatic rings. The maximum atomic E-state index is 14.3. The van der Waals surface area contributed by atoms with Crippen LogP contribution in [0.1, 0.15) is 44.1 Å². The quantitative estimate of drug-likeness (QED) is 0.837. The monoisotopic (exact) mass is 338 g/mol. The number of aliphatic hydroxyl groups excluding tert-OH is 1. The van der Waals surface area contributed by atoms with Crippen molar-refractivity contribution < 1.29 is 18.7 Å². The van der Waals surface area contributed by atoms with E-state index in [0.29, 0.717) is 25.1 Å². The number of hydrogen-bond acceptors (Lipinski definition) is 3. The molecular weight excluding hydrogens is 314 g/mol. The van der Waals surface area contributed by atoms with Gasteiger partial charge in [-0.25, -0.2) is 8.78 Å². The van der Waals surface area contributed by atoms with Crippen LogP contribution in [0.25, 0.3) is 0 Å². The fourth-order valence-electron chi connectivity index (χ4n) is 3.93. The molecule has 4 nitrogen and oxygen atoms in total. The number of carbonyl (C=O) groups excluding carboxylic acids is 1. The van der Waals surface area contributed by atoms with Gasteiger partial charge < -0.3 is 15.3 Å². The van der Waals surface area contributed by atoms with Gasteiger partial charge in [0.15, 0.2) is 0 Å². The highest BCUT2D eigenvalue weighted by Crippen LogP contribution is 2.40. The third-order valence-corrected chi connectivity index (χ3v) is 5.18. The van der Waals surface area contributed by atoms with Crippen LogP contribution in [0.4, 0.5) is 8.78 Å². The van der Waals surface area contributed by atoms with Gasteiger partial charge in [-0.1, -0.05) is 18.9 Å². The molecule has 1 saturated heterocycles. The van der Waals surface area contributed by atoms with Crippen LogP contribution in [0, 0.1) is 11.6 Å². The Hall–Kier alpha value is -1.53. The van der Waals surface area contributed by atoms with E-state index >= 15 is 0 Å². The molecule has 2 fully saturated rings. The molecule has 132 valence electrons. The number of nitrogens with one attached hydrogen (secondary N) is 1. The van der Waals surface area contributed by atoms with Gasteiger partial charge in [-0.3, -0.25) is 4.79 Å². The molecule has 1 heterocycles. The van der Waals surface area contributed by atoms with Gasteiger partial charge in [0.05, 0.1) is 6.10 Å². The molecule has 1 aliphatic heterocycles. The van der Waals surface area contributed by atoms with Gasteiger partial charge in [-0.05, 0) is 25.3 Å². The largest absolute Gasteiger partial charge is 0.390 e. The lowest BCUT2D eigenvalue weighted by Gasteiger charge is -2.33. The lowest BCUT2D eigenvalue weighted by Crippen LogP contribution is -2.47. The Balaban J connectivity index is 1.66. The number of nitrogens with zero attached hydrogens (tertiary/aromatic N) is 1. The van der Waals surface area contributed by atoms with E-state index in [2.05, 4.69) is 5.32 Å². The topological polar surface area (TPSA) is 52.6 Å². The molecule has 0 aromatic heterocycles. The van der Waals surface area contributed by atoms with Crippen LogP contribution in [-0.4, -0.2) is 41.7 Å². The number of likely N-dealkylation sites (tertiary alicyclic amines) is 1. The summed E-state index contributed by atoms with van der Waals surface area (Å²) in [6, 6.07) is 3.69. The van der Waals surface area contributed by atoms with Crippen LogP contribution in [-0.2, 0) is 10.3 Å². The fourth-order valence-corrected chi connectivity index (χ4v) is 3.93. The average molecular weight is 338 g/mol. The lowest BCUT2D eigenvalue weighted by molar-refractivity contribution is -0.128. The second kappa shape index (κ2) is 7.15. The van der Waals surface area contributed by atoms with Gasteiger partial charge in [-0.15, -0.1) is 0 Å². The van der Waals surface area contributed by atoms with E-state index in [1.807, 2.05) is 0 Å². The second-order valence-corrected chi connectivity index (χ2v) is 6.89. The molecule has 2 aliphatic rings. The molecule has 1 atom stereocenters. The van der Waals surface area contributed by atoms with Crippen LogP contribution < -0.4 is 5.32 Å². The Bertz CT molecular complexity index is 603. The van der Waals surface area contributed by atoms with Crippen molar-refractivity contribution in [3.05, 3.63) is 35.4 Å². The lowest BCUT2D eigenvalue weighted by atomic mass is 9.87. The molecule has 0 spiro atoms. The fraction of sp³-hybridized carbons (Fsp3) is 0.611. The number of benzene rings is 1. The zero-order valence-electron chi connectivity index (χ0n) is 13.7. The molecule has 1 aromatic carbocycles. The normalized spacial score (nSPS) is 21.5. The first-order valence-electron chi connectivity index (χ1n) is 8.67. The van der Waals surface area contributed by atoms with Crippen LogP contribution in [0.3, 0.4) is 0 Å². The SMILES string of the molecule is O=C1CCCN1CC(O)CNC1(c2ccc(F)cc2F)CCCC1. The van der Waals surface area contributed by atoms with Crippen LogP contribution >= 0.6 is 0 Å². The minimum Gasteiger partial charge on any atom is -0.390 e. The Morgan fingerprint density at radius 1 is 1.25 bits per heavy atom. The Morgan fingerprint density at radius 3 is 2.62 bits per heavy atom. The third-order valence-electron chi connectivity index (χ3n) is 5.18. The number of aliphatic hydroxyl groups is 1. The highest BCUT2D eigenvalue weighted by molar-refractivity contribution is 5.78. The van der Waals surface area contributed by atoms with Crippen molar-refractivity contribution in [3.8, 4) is 0 Å². The molecule has 3 rings (SSSR count). The first kappa shape index (κ1) is 17.3. The maximum Gasteiger partial charge on any atom is 0.222 e. The van der Waals surface area contributed by atoms with E-state index in [4.69, 9.17) is 0 Å². The molecule has 1 saturated carbocycles. The maximum absolute atomic E-state index is 14.3. The smallest absolute Gasteiger partial charge is 0.222 e. The van der Waals surface area contributed by atoms with Crippen LogP contribution in [0.2, 0.25) is 0 Å². The molecule has 2 N–H and O–H groups in total. The summed E-state index contributed by atoms with van der Waals surface area (Å²) in [5, 5.41) is 13.6. The predicted octanol–water partition coefficient (Wildman–Crippen LogP) is 2.31. The van der Waals surface area contributed by atoms with E-state index in [1.165, 1.54) is 12.1 Å². The van der Waals surface area contributed by atoms with Gasteiger partial charge >= 0.3 is 0 Å². The van der Waals surface area contributed by atoms with Crippen molar-refractivity contribution in [1.29, 1.82) is 0 Å². The molecule has 24 heavy (non-hydrogen) atoms. The van der Waals surface area contributed by atoms with Crippen molar-refractivity contribution in [2.45, 2.75) is 50.2 Å². The molecule has 0 bridgehead atoms. The first-order chi connectivity index (χ1) is 11.5. The summed E-state index contributed by atoms with van der Waals surface area (Å²) in [6.07, 6.45) is 4.12. The van der Waals surface area contributed by atoms with E-state index in [9.17, 15) is 18.7 Å². The second-order valence-electron chi connectivity index (χ2n) is 6.89. The summed E-state index contributed by atoms with van der Waals surface area (Å²) in [5.41, 5.74) is -0.0980. The van der Waals surface area contributed by atoms with E-state index < -0.39 is 23.3 Å². The summed E-state index contributed by atoms with van der Waals surface area (Å²) >= 11 is 0. The van der Waals surface area contributed by atoms with Crippen LogP contribution in [0.5, 0.6) is 0 Å². The number of halogens is 2. The number of amides is 1. The minimum absolute atomic E-state index is 0.0780. The first-order valence-corrected chi connectivity index (χ1v) is 8.67. The number of carbonyl (C=O) groups is 1. The Kier molecular flexibility index (Phi) is 5.15. The van der Waals surface area contributed by atoms with Gasteiger partial charge in [0.25, 0.3) is 0 Å². The van der Waals surface area contributed by atoms with E-state index in [-0.39, 0.29) is 12.5 Å². The molecule has 0 radical (unpaired) electrons. The predicted molar refractivity (Wildman–Crippen MR) is 86.3 cm³/mol. The standard InChI is InChI=1S/C18H24F2N2O2/c19-13-5-6-15(16(20)10-13)18(7-1-2-8-18)21-11-14(23)12-22-9-3-4-17(22)24/h5-6,10,14,21,23H,1-4,7-9,11-12H2. The summed E-state index contributed by atoms with van der Waals surface area (Å²) in [6.45, 7) is 1.27.